The maximum atomic E-state index is 10.2. The van der Waals surface area contributed by atoms with E-state index in [0.29, 0.717) is 12.5 Å². The molecule has 1 aliphatic carbocycles. The Morgan fingerprint density at radius 1 is 1.33 bits per heavy atom. The standard InChI is InChI=1S/C17H22N2O2/c18-10-13-4-1-2-5-14(13)11-19-8-9-21-12-16(19)15-6-3-7-17(15)20/h1-2,4-5,15-17,20H,3,6-9,11-12H2. The lowest BCUT2D eigenvalue weighted by molar-refractivity contribution is -0.0536. The van der Waals surface area contributed by atoms with Crippen molar-refractivity contribution in [3.8, 4) is 6.07 Å². The van der Waals surface area contributed by atoms with Crippen molar-refractivity contribution in [3.63, 3.8) is 0 Å². The predicted molar refractivity (Wildman–Crippen MR) is 79.5 cm³/mol. The van der Waals surface area contributed by atoms with Crippen LogP contribution in [-0.2, 0) is 11.3 Å². The minimum Gasteiger partial charge on any atom is -0.393 e. The van der Waals surface area contributed by atoms with Gasteiger partial charge in [-0.25, -0.2) is 0 Å². The number of aliphatic hydroxyl groups is 1. The fraction of sp³-hybridized carbons (Fsp3) is 0.588. The highest BCUT2D eigenvalue weighted by molar-refractivity contribution is 5.37. The second kappa shape index (κ2) is 6.57. The quantitative estimate of drug-likeness (QED) is 0.922. The van der Waals surface area contributed by atoms with Crippen LogP contribution in [0.25, 0.3) is 0 Å². The molecule has 3 unspecified atom stereocenters. The normalized spacial score (nSPS) is 30.2. The Hall–Kier alpha value is -1.41. The summed E-state index contributed by atoms with van der Waals surface area (Å²) >= 11 is 0. The van der Waals surface area contributed by atoms with Crippen molar-refractivity contribution in [1.82, 2.24) is 4.90 Å². The van der Waals surface area contributed by atoms with E-state index in [1.807, 2.05) is 24.3 Å². The third kappa shape index (κ3) is 3.11. The van der Waals surface area contributed by atoms with Crippen LogP contribution in [0.3, 0.4) is 0 Å². The fourth-order valence-corrected chi connectivity index (χ4v) is 3.65. The highest BCUT2D eigenvalue weighted by atomic mass is 16.5. The zero-order valence-electron chi connectivity index (χ0n) is 12.2. The second-order valence-electron chi connectivity index (χ2n) is 6.04. The molecule has 4 nitrogen and oxygen atoms in total. The maximum absolute atomic E-state index is 10.2. The number of hydrogen-bond acceptors (Lipinski definition) is 4. The molecule has 1 saturated heterocycles. The lowest BCUT2D eigenvalue weighted by atomic mass is 9.93. The van der Waals surface area contributed by atoms with Gasteiger partial charge in [0.2, 0.25) is 0 Å². The van der Waals surface area contributed by atoms with Crippen molar-refractivity contribution in [2.75, 3.05) is 19.8 Å². The summed E-state index contributed by atoms with van der Waals surface area (Å²) < 4.78 is 5.65. The van der Waals surface area contributed by atoms with Crippen molar-refractivity contribution in [3.05, 3.63) is 35.4 Å². The summed E-state index contributed by atoms with van der Waals surface area (Å²) in [5, 5.41) is 19.4. The van der Waals surface area contributed by atoms with Gasteiger partial charge < -0.3 is 9.84 Å². The minimum absolute atomic E-state index is 0.203. The first-order valence-corrected chi connectivity index (χ1v) is 7.77. The number of nitriles is 1. The van der Waals surface area contributed by atoms with Crippen molar-refractivity contribution >= 4 is 0 Å². The molecule has 0 radical (unpaired) electrons. The van der Waals surface area contributed by atoms with Crippen molar-refractivity contribution in [1.29, 1.82) is 5.26 Å². The molecule has 2 fully saturated rings. The lowest BCUT2D eigenvalue weighted by Crippen LogP contribution is -2.50. The Kier molecular flexibility index (Phi) is 4.54. The third-order valence-electron chi connectivity index (χ3n) is 4.82. The summed E-state index contributed by atoms with van der Waals surface area (Å²) in [4.78, 5) is 2.39. The molecule has 2 aliphatic rings. The average Bonchev–Trinajstić information content (AvgIpc) is 2.94. The average molecular weight is 286 g/mol. The molecule has 112 valence electrons. The number of benzene rings is 1. The van der Waals surface area contributed by atoms with Gasteiger partial charge in [-0.05, 0) is 24.5 Å². The number of hydrogen-bond donors (Lipinski definition) is 1. The molecular weight excluding hydrogens is 264 g/mol. The van der Waals surface area contributed by atoms with Crippen molar-refractivity contribution in [2.24, 2.45) is 5.92 Å². The molecule has 1 N–H and O–H groups in total. The van der Waals surface area contributed by atoms with Gasteiger partial charge in [-0.15, -0.1) is 0 Å². The predicted octanol–water partition coefficient (Wildman–Crippen LogP) is 1.92. The summed E-state index contributed by atoms with van der Waals surface area (Å²) in [6.45, 7) is 3.05. The molecule has 3 rings (SSSR count). The highest BCUT2D eigenvalue weighted by Gasteiger charge is 2.37. The largest absolute Gasteiger partial charge is 0.393 e. The van der Waals surface area contributed by atoms with Crippen molar-refractivity contribution < 1.29 is 9.84 Å². The van der Waals surface area contributed by atoms with Gasteiger partial charge in [0.15, 0.2) is 0 Å². The van der Waals surface area contributed by atoms with E-state index in [1.165, 1.54) is 0 Å². The summed E-state index contributed by atoms with van der Waals surface area (Å²) in [7, 11) is 0. The lowest BCUT2D eigenvalue weighted by Gasteiger charge is -2.40. The Labute approximate surface area is 125 Å². The van der Waals surface area contributed by atoms with Crippen LogP contribution in [0.5, 0.6) is 0 Å². The van der Waals surface area contributed by atoms with Crippen LogP contribution in [0.4, 0.5) is 0 Å². The van der Waals surface area contributed by atoms with E-state index < -0.39 is 0 Å². The minimum atomic E-state index is -0.203. The van der Waals surface area contributed by atoms with Crippen LogP contribution in [0.1, 0.15) is 30.4 Å². The molecule has 1 aromatic carbocycles. The Balaban J connectivity index is 1.77. The van der Waals surface area contributed by atoms with Crippen LogP contribution < -0.4 is 0 Å². The zero-order chi connectivity index (χ0) is 14.7. The Morgan fingerprint density at radius 3 is 2.95 bits per heavy atom. The molecule has 0 bridgehead atoms. The Morgan fingerprint density at radius 2 is 2.19 bits per heavy atom. The van der Waals surface area contributed by atoms with Gasteiger partial charge in [-0.3, -0.25) is 4.90 Å². The smallest absolute Gasteiger partial charge is 0.0995 e. The maximum Gasteiger partial charge on any atom is 0.0995 e. The molecule has 0 spiro atoms. The van der Waals surface area contributed by atoms with E-state index >= 15 is 0 Å². The number of aliphatic hydroxyl groups excluding tert-OH is 1. The fourth-order valence-electron chi connectivity index (χ4n) is 3.65. The molecule has 4 heteroatoms. The number of morpholine rings is 1. The van der Waals surface area contributed by atoms with E-state index in [9.17, 15) is 10.4 Å². The number of rotatable bonds is 3. The summed E-state index contributed by atoms with van der Waals surface area (Å²) in [6, 6.07) is 10.3. The van der Waals surface area contributed by atoms with Crippen LogP contribution in [-0.4, -0.2) is 41.9 Å². The van der Waals surface area contributed by atoms with Gasteiger partial charge in [-0.2, -0.15) is 5.26 Å². The molecule has 1 aromatic rings. The van der Waals surface area contributed by atoms with E-state index in [2.05, 4.69) is 11.0 Å². The molecule has 0 amide bonds. The molecule has 1 saturated carbocycles. The van der Waals surface area contributed by atoms with Crippen LogP contribution >= 0.6 is 0 Å². The molecular formula is C17H22N2O2. The summed E-state index contributed by atoms with van der Waals surface area (Å²) in [5.74, 6) is 0.305. The molecule has 3 atom stereocenters. The Bertz CT molecular complexity index is 526. The van der Waals surface area contributed by atoms with Crippen LogP contribution in [0, 0.1) is 17.2 Å². The third-order valence-corrected chi connectivity index (χ3v) is 4.82. The monoisotopic (exact) mass is 286 g/mol. The second-order valence-corrected chi connectivity index (χ2v) is 6.04. The van der Waals surface area contributed by atoms with Gasteiger partial charge in [0.25, 0.3) is 0 Å². The molecule has 0 aromatic heterocycles. The van der Waals surface area contributed by atoms with Crippen molar-refractivity contribution in [2.45, 2.75) is 38.0 Å². The first kappa shape index (κ1) is 14.5. The number of nitrogens with zero attached hydrogens (tertiary/aromatic N) is 2. The summed E-state index contributed by atoms with van der Waals surface area (Å²) in [6.07, 6.45) is 2.88. The van der Waals surface area contributed by atoms with Gasteiger partial charge >= 0.3 is 0 Å². The van der Waals surface area contributed by atoms with E-state index in [0.717, 1.165) is 50.1 Å². The van der Waals surface area contributed by atoms with Crippen LogP contribution in [0.2, 0.25) is 0 Å². The van der Waals surface area contributed by atoms with Gasteiger partial charge in [0, 0.05) is 25.0 Å². The van der Waals surface area contributed by atoms with E-state index in [4.69, 9.17) is 4.74 Å². The first-order chi connectivity index (χ1) is 10.3. The SMILES string of the molecule is N#Cc1ccccc1CN1CCOCC1C1CCCC1O. The van der Waals surface area contributed by atoms with Gasteiger partial charge in [0.1, 0.15) is 0 Å². The zero-order valence-corrected chi connectivity index (χ0v) is 12.2. The first-order valence-electron chi connectivity index (χ1n) is 7.77. The van der Waals surface area contributed by atoms with E-state index in [-0.39, 0.29) is 12.1 Å². The van der Waals surface area contributed by atoms with E-state index in [1.54, 1.807) is 0 Å². The molecule has 21 heavy (non-hydrogen) atoms. The topological polar surface area (TPSA) is 56.5 Å². The molecule has 1 aliphatic heterocycles. The van der Waals surface area contributed by atoms with Gasteiger partial charge in [0.05, 0.1) is 31.0 Å². The van der Waals surface area contributed by atoms with Gasteiger partial charge in [-0.1, -0.05) is 24.6 Å². The molecule has 1 heterocycles. The van der Waals surface area contributed by atoms with Crippen LogP contribution in [0.15, 0.2) is 24.3 Å². The highest BCUT2D eigenvalue weighted by Crippen LogP contribution is 2.33. The number of ether oxygens (including phenoxy) is 1. The summed E-state index contributed by atoms with van der Waals surface area (Å²) in [5.41, 5.74) is 1.81.